The van der Waals surface area contributed by atoms with Crippen LogP contribution in [-0.2, 0) is 0 Å². The van der Waals surface area contributed by atoms with E-state index in [4.69, 9.17) is 10.2 Å². The number of aromatic nitrogens is 2. The second-order valence-electron chi connectivity index (χ2n) is 7.02. The van der Waals surface area contributed by atoms with Crippen LogP contribution < -0.4 is 10.3 Å². The van der Waals surface area contributed by atoms with Crippen LogP contribution in [0.3, 0.4) is 0 Å². The van der Waals surface area contributed by atoms with Crippen LogP contribution >= 0.6 is 0 Å². The van der Waals surface area contributed by atoms with Crippen molar-refractivity contribution in [1.29, 1.82) is 0 Å². The third kappa shape index (κ3) is 3.99. The van der Waals surface area contributed by atoms with Gasteiger partial charge in [0.15, 0.2) is 0 Å². The molecule has 2 aromatic carbocycles. The Bertz CT molecular complexity index is 1040. The zero-order valence-electron chi connectivity index (χ0n) is 16.2. The molecule has 7 nitrogen and oxygen atoms in total. The van der Waals surface area contributed by atoms with Gasteiger partial charge < -0.3 is 10.0 Å². The van der Waals surface area contributed by atoms with E-state index in [0.717, 1.165) is 48.7 Å². The summed E-state index contributed by atoms with van der Waals surface area (Å²) in [6, 6.07) is 16.7. The molecule has 2 heterocycles. The van der Waals surface area contributed by atoms with Gasteiger partial charge in [-0.2, -0.15) is 10.2 Å². The molecule has 1 saturated heterocycles. The van der Waals surface area contributed by atoms with Crippen LogP contribution in [0.2, 0.25) is 0 Å². The van der Waals surface area contributed by atoms with E-state index in [2.05, 4.69) is 15.4 Å². The van der Waals surface area contributed by atoms with Crippen molar-refractivity contribution in [2.45, 2.75) is 19.8 Å². The van der Waals surface area contributed by atoms with Gasteiger partial charge in [-0.25, -0.2) is 9.48 Å². The third-order valence-electron chi connectivity index (χ3n) is 4.98. The summed E-state index contributed by atoms with van der Waals surface area (Å²) in [6.45, 7) is 3.96. The lowest BCUT2D eigenvalue weighted by atomic mass is 10.2. The molecule has 29 heavy (non-hydrogen) atoms. The number of hydrogen-bond donors (Lipinski definition) is 2. The number of hydrazone groups is 1. The summed E-state index contributed by atoms with van der Waals surface area (Å²) in [6.07, 6.45) is 4.09. The number of carbonyl (C=O) groups is 1. The van der Waals surface area contributed by atoms with Crippen LogP contribution in [-0.4, -0.2) is 40.2 Å². The first-order chi connectivity index (χ1) is 14.1. The van der Waals surface area contributed by atoms with E-state index in [-0.39, 0.29) is 5.56 Å². The molecule has 0 spiro atoms. The van der Waals surface area contributed by atoms with Crippen molar-refractivity contribution in [2.24, 2.45) is 5.10 Å². The highest BCUT2D eigenvalue weighted by Crippen LogP contribution is 2.29. The van der Waals surface area contributed by atoms with Crippen molar-refractivity contribution >= 4 is 23.7 Å². The number of hydrogen-bond acceptors (Lipinski definition) is 5. The van der Waals surface area contributed by atoms with Crippen LogP contribution in [0.4, 0.5) is 11.5 Å². The van der Waals surface area contributed by atoms with E-state index in [1.54, 1.807) is 30.5 Å². The molecule has 7 heteroatoms. The largest absolute Gasteiger partial charge is 0.478 e. The van der Waals surface area contributed by atoms with Gasteiger partial charge in [0, 0.05) is 13.1 Å². The molecule has 0 atom stereocenters. The van der Waals surface area contributed by atoms with E-state index in [9.17, 15) is 4.79 Å². The number of carboxylic acid groups (broad SMARTS) is 1. The van der Waals surface area contributed by atoms with Gasteiger partial charge in [0.05, 0.1) is 34.4 Å². The predicted molar refractivity (Wildman–Crippen MR) is 114 cm³/mol. The summed E-state index contributed by atoms with van der Waals surface area (Å²) in [7, 11) is 0. The monoisotopic (exact) mass is 389 g/mol. The Labute approximate surface area is 169 Å². The topological polar surface area (TPSA) is 82.8 Å². The minimum atomic E-state index is -0.964. The lowest BCUT2D eigenvalue weighted by Gasteiger charge is -2.20. The number of carboxylic acids is 1. The molecule has 1 aliphatic rings. The van der Waals surface area contributed by atoms with Gasteiger partial charge in [0.25, 0.3) is 0 Å². The summed E-state index contributed by atoms with van der Waals surface area (Å²) in [5, 5.41) is 18.3. The molecule has 1 aromatic heterocycles. The highest BCUT2D eigenvalue weighted by Gasteiger charge is 2.23. The van der Waals surface area contributed by atoms with Crippen molar-refractivity contribution < 1.29 is 9.90 Å². The molecule has 0 amide bonds. The van der Waals surface area contributed by atoms with Gasteiger partial charge in [-0.05, 0) is 50.1 Å². The summed E-state index contributed by atoms with van der Waals surface area (Å²) in [5.41, 5.74) is 6.63. The zero-order valence-corrected chi connectivity index (χ0v) is 16.2. The maximum absolute atomic E-state index is 11.1. The quantitative estimate of drug-likeness (QED) is 0.493. The highest BCUT2D eigenvalue weighted by atomic mass is 16.4. The Hall–Kier alpha value is -3.61. The van der Waals surface area contributed by atoms with Crippen LogP contribution in [0.15, 0.2) is 59.7 Å². The number of para-hydroxylation sites is 1. The van der Waals surface area contributed by atoms with E-state index in [1.807, 2.05) is 41.9 Å². The second-order valence-corrected chi connectivity index (χ2v) is 7.02. The van der Waals surface area contributed by atoms with E-state index >= 15 is 0 Å². The summed E-state index contributed by atoms with van der Waals surface area (Å²) in [5.74, 6) is 0.0740. The Morgan fingerprint density at radius 1 is 1.14 bits per heavy atom. The Morgan fingerprint density at radius 3 is 2.62 bits per heavy atom. The van der Waals surface area contributed by atoms with Crippen molar-refractivity contribution in [2.75, 3.05) is 23.4 Å². The number of aryl methyl sites for hydroxylation is 1. The van der Waals surface area contributed by atoms with Crippen LogP contribution in [0.25, 0.3) is 5.69 Å². The van der Waals surface area contributed by atoms with E-state index in [0.29, 0.717) is 5.69 Å². The summed E-state index contributed by atoms with van der Waals surface area (Å²) in [4.78, 5) is 13.5. The molecule has 0 unspecified atom stereocenters. The van der Waals surface area contributed by atoms with Gasteiger partial charge >= 0.3 is 5.97 Å². The van der Waals surface area contributed by atoms with Crippen LogP contribution in [0, 0.1) is 6.92 Å². The summed E-state index contributed by atoms with van der Waals surface area (Å²) >= 11 is 0. The smallest absolute Gasteiger partial charge is 0.335 e. The fraction of sp³-hybridized carbons (Fsp3) is 0.227. The first-order valence-electron chi connectivity index (χ1n) is 9.66. The molecule has 148 valence electrons. The Balaban J connectivity index is 1.66. The van der Waals surface area contributed by atoms with Crippen molar-refractivity contribution in [3.8, 4) is 5.69 Å². The second kappa shape index (κ2) is 8.18. The maximum atomic E-state index is 11.1. The SMILES string of the molecule is Cc1nn(-c2ccccc2)c(N2CCCC2)c1/C=N\Nc1cccc(C(=O)O)c1. The van der Waals surface area contributed by atoms with Crippen molar-refractivity contribution in [3.05, 3.63) is 71.4 Å². The molecule has 0 bridgehead atoms. The Kier molecular flexibility index (Phi) is 5.29. The average Bonchev–Trinajstić information content (AvgIpc) is 3.37. The molecule has 0 saturated carbocycles. The zero-order chi connectivity index (χ0) is 20.2. The van der Waals surface area contributed by atoms with Gasteiger partial charge in [0.1, 0.15) is 5.82 Å². The van der Waals surface area contributed by atoms with Gasteiger partial charge in [-0.3, -0.25) is 5.43 Å². The number of aromatic carboxylic acids is 1. The lowest BCUT2D eigenvalue weighted by molar-refractivity contribution is 0.0697. The molecule has 1 aliphatic heterocycles. The summed E-state index contributed by atoms with van der Waals surface area (Å²) < 4.78 is 1.98. The normalized spacial score (nSPS) is 13.9. The van der Waals surface area contributed by atoms with Gasteiger partial charge in [0.2, 0.25) is 0 Å². The Morgan fingerprint density at radius 2 is 1.90 bits per heavy atom. The first-order valence-corrected chi connectivity index (χ1v) is 9.66. The van der Waals surface area contributed by atoms with Crippen LogP contribution in [0.1, 0.15) is 34.5 Å². The molecule has 0 aliphatic carbocycles. The fourth-order valence-electron chi connectivity index (χ4n) is 3.55. The highest BCUT2D eigenvalue weighted by molar-refractivity contribution is 5.90. The molecular formula is C22H23N5O2. The predicted octanol–water partition coefficient (Wildman–Crippen LogP) is 3.93. The molecular weight excluding hydrogens is 366 g/mol. The van der Waals surface area contributed by atoms with Gasteiger partial charge in [-0.15, -0.1) is 0 Å². The number of benzene rings is 2. The van der Waals surface area contributed by atoms with Crippen molar-refractivity contribution in [1.82, 2.24) is 9.78 Å². The maximum Gasteiger partial charge on any atom is 0.335 e. The average molecular weight is 389 g/mol. The number of nitrogens with zero attached hydrogens (tertiary/aromatic N) is 4. The molecule has 3 aromatic rings. The number of rotatable bonds is 6. The number of anilines is 2. The molecule has 4 rings (SSSR count). The molecule has 0 radical (unpaired) electrons. The van der Waals surface area contributed by atoms with Gasteiger partial charge in [-0.1, -0.05) is 24.3 Å². The molecule has 1 fully saturated rings. The van der Waals surface area contributed by atoms with Crippen molar-refractivity contribution in [3.63, 3.8) is 0 Å². The van der Waals surface area contributed by atoms with Crippen LogP contribution in [0.5, 0.6) is 0 Å². The fourth-order valence-corrected chi connectivity index (χ4v) is 3.55. The van der Waals surface area contributed by atoms with E-state index < -0.39 is 5.97 Å². The first kappa shape index (κ1) is 18.7. The lowest BCUT2D eigenvalue weighted by Crippen LogP contribution is -2.22. The minimum Gasteiger partial charge on any atom is -0.478 e. The van der Waals surface area contributed by atoms with E-state index in [1.165, 1.54) is 0 Å². The minimum absolute atomic E-state index is 0.219. The number of nitrogens with one attached hydrogen (secondary N) is 1. The molecule has 2 N–H and O–H groups in total. The standard InChI is InChI=1S/C22H23N5O2/c1-16-20(15-23-24-18-9-7-8-17(14-18)22(28)29)21(26-12-5-6-13-26)27(25-16)19-10-3-2-4-11-19/h2-4,7-11,14-15,24H,5-6,12-13H2,1H3,(H,28,29)/b23-15-. The third-order valence-corrected chi connectivity index (χ3v) is 4.98.